The van der Waals surface area contributed by atoms with Crippen LogP contribution in [0.2, 0.25) is 0 Å². The number of amides is 1. The molecule has 4 N–H and O–H groups in total. The smallest absolute Gasteiger partial charge is 0.280 e. The predicted octanol–water partition coefficient (Wildman–Crippen LogP) is 1.71. The number of sulfone groups is 1. The lowest BCUT2D eigenvalue weighted by Crippen LogP contribution is -2.24. The molecule has 0 saturated carbocycles. The highest BCUT2D eigenvalue weighted by Gasteiger charge is 2.18. The fourth-order valence-corrected chi connectivity index (χ4v) is 3.19. The molecule has 0 fully saturated rings. The first-order chi connectivity index (χ1) is 10.7. The normalized spacial score (nSPS) is 11.6. The number of rotatable bonds is 6. The average Bonchev–Trinajstić information content (AvgIpc) is 2.41. The van der Waals surface area contributed by atoms with Crippen LogP contribution >= 0.6 is 0 Å². The minimum Gasteiger partial charge on any atom is -0.370 e. The third kappa shape index (κ3) is 5.52. The molecule has 0 atom stereocenters. The molecule has 7 heteroatoms. The molecule has 0 aromatic heterocycles. The standard InChI is InChI=1S/C16H23N3O3S/c1-4-5-6-7-8-12-9-11(2)13(15(20)19-16(17)18)10-14(12)23(3,21)22/h5-6,9-10H,4,7-8H2,1-3H3,(H4,17,18,19,20)/b6-5+. The van der Waals surface area contributed by atoms with Gasteiger partial charge in [0, 0.05) is 11.8 Å². The molecular formula is C16H23N3O3S. The van der Waals surface area contributed by atoms with Gasteiger partial charge < -0.3 is 11.5 Å². The summed E-state index contributed by atoms with van der Waals surface area (Å²) < 4.78 is 24.1. The van der Waals surface area contributed by atoms with Gasteiger partial charge >= 0.3 is 0 Å². The fourth-order valence-electron chi connectivity index (χ4n) is 2.22. The van der Waals surface area contributed by atoms with E-state index in [4.69, 9.17) is 11.5 Å². The third-order valence-corrected chi connectivity index (χ3v) is 4.43. The summed E-state index contributed by atoms with van der Waals surface area (Å²) >= 11 is 0. The van der Waals surface area contributed by atoms with Crippen LogP contribution in [0.4, 0.5) is 0 Å². The maximum absolute atomic E-state index is 12.0. The molecule has 0 bridgehead atoms. The Bertz CT molecular complexity index is 746. The van der Waals surface area contributed by atoms with Gasteiger partial charge in [-0.05, 0) is 43.4 Å². The first-order valence-electron chi connectivity index (χ1n) is 7.29. The summed E-state index contributed by atoms with van der Waals surface area (Å²) in [5.74, 6) is -1.01. The highest BCUT2D eigenvalue weighted by atomic mass is 32.2. The van der Waals surface area contributed by atoms with Crippen LogP contribution in [-0.4, -0.2) is 26.5 Å². The number of allylic oxidation sites excluding steroid dienone is 2. The predicted molar refractivity (Wildman–Crippen MR) is 92.2 cm³/mol. The van der Waals surface area contributed by atoms with E-state index >= 15 is 0 Å². The second-order valence-corrected chi connectivity index (χ2v) is 7.29. The number of aliphatic imine (C=N–C) groups is 1. The molecule has 0 aliphatic heterocycles. The van der Waals surface area contributed by atoms with Crippen molar-refractivity contribution in [3.63, 3.8) is 0 Å². The zero-order chi connectivity index (χ0) is 17.6. The van der Waals surface area contributed by atoms with E-state index in [0.29, 0.717) is 17.5 Å². The molecule has 1 aromatic carbocycles. The van der Waals surface area contributed by atoms with E-state index in [9.17, 15) is 13.2 Å². The zero-order valence-electron chi connectivity index (χ0n) is 13.7. The van der Waals surface area contributed by atoms with Gasteiger partial charge in [0.2, 0.25) is 0 Å². The highest BCUT2D eigenvalue weighted by molar-refractivity contribution is 7.90. The fraction of sp³-hybridized carbons (Fsp3) is 0.375. The van der Waals surface area contributed by atoms with Gasteiger partial charge in [-0.25, -0.2) is 8.42 Å². The molecule has 0 spiro atoms. The third-order valence-electron chi connectivity index (χ3n) is 3.25. The molecule has 23 heavy (non-hydrogen) atoms. The summed E-state index contributed by atoms with van der Waals surface area (Å²) in [5, 5.41) is 0. The Balaban J connectivity index is 3.33. The van der Waals surface area contributed by atoms with Crippen molar-refractivity contribution in [3.05, 3.63) is 41.0 Å². The molecular weight excluding hydrogens is 314 g/mol. The van der Waals surface area contributed by atoms with Gasteiger partial charge in [0.1, 0.15) is 0 Å². The summed E-state index contributed by atoms with van der Waals surface area (Å²) in [6, 6.07) is 3.07. The number of guanidine groups is 1. The molecule has 0 unspecified atom stereocenters. The van der Waals surface area contributed by atoms with E-state index in [-0.39, 0.29) is 16.4 Å². The highest BCUT2D eigenvalue weighted by Crippen LogP contribution is 2.23. The monoisotopic (exact) mass is 337 g/mol. The van der Waals surface area contributed by atoms with E-state index in [1.165, 1.54) is 6.07 Å². The molecule has 0 aliphatic rings. The van der Waals surface area contributed by atoms with E-state index < -0.39 is 15.7 Å². The van der Waals surface area contributed by atoms with E-state index in [1.807, 2.05) is 19.1 Å². The first kappa shape index (κ1) is 18.9. The van der Waals surface area contributed by atoms with Gasteiger partial charge in [-0.15, -0.1) is 0 Å². The summed E-state index contributed by atoms with van der Waals surface area (Å²) in [4.78, 5) is 15.6. The number of benzene rings is 1. The Morgan fingerprint density at radius 1 is 1.26 bits per heavy atom. The number of carbonyl (C=O) groups is 1. The second-order valence-electron chi connectivity index (χ2n) is 5.31. The van der Waals surface area contributed by atoms with Crippen molar-refractivity contribution >= 4 is 21.7 Å². The van der Waals surface area contributed by atoms with Crippen molar-refractivity contribution in [1.29, 1.82) is 0 Å². The topological polar surface area (TPSA) is 116 Å². The van der Waals surface area contributed by atoms with Crippen LogP contribution in [-0.2, 0) is 16.3 Å². The molecule has 0 aliphatic carbocycles. The van der Waals surface area contributed by atoms with E-state index in [0.717, 1.165) is 19.1 Å². The Labute approximate surface area is 137 Å². The Morgan fingerprint density at radius 2 is 1.91 bits per heavy atom. The van der Waals surface area contributed by atoms with Crippen LogP contribution in [0.1, 0.15) is 41.3 Å². The van der Waals surface area contributed by atoms with Crippen molar-refractivity contribution in [3.8, 4) is 0 Å². The van der Waals surface area contributed by atoms with Crippen LogP contribution in [0.5, 0.6) is 0 Å². The van der Waals surface area contributed by atoms with Crippen LogP contribution in [0.3, 0.4) is 0 Å². The molecule has 1 aromatic rings. The van der Waals surface area contributed by atoms with Crippen LogP contribution in [0.15, 0.2) is 34.2 Å². The zero-order valence-corrected chi connectivity index (χ0v) is 14.5. The maximum atomic E-state index is 12.0. The lowest BCUT2D eigenvalue weighted by atomic mass is 10.0. The van der Waals surface area contributed by atoms with Gasteiger partial charge in [0.05, 0.1) is 4.90 Å². The summed E-state index contributed by atoms with van der Waals surface area (Å²) in [6.07, 6.45) is 7.42. The number of hydrogen-bond acceptors (Lipinski definition) is 3. The molecule has 126 valence electrons. The summed E-state index contributed by atoms with van der Waals surface area (Å²) in [7, 11) is -3.46. The maximum Gasteiger partial charge on any atom is 0.280 e. The van der Waals surface area contributed by atoms with Crippen molar-refractivity contribution in [2.24, 2.45) is 16.5 Å². The largest absolute Gasteiger partial charge is 0.370 e. The Hall–Kier alpha value is -2.15. The van der Waals surface area contributed by atoms with E-state index in [1.54, 1.807) is 13.0 Å². The minimum absolute atomic E-state index is 0.141. The Morgan fingerprint density at radius 3 is 2.43 bits per heavy atom. The summed E-state index contributed by atoms with van der Waals surface area (Å²) in [5.41, 5.74) is 11.9. The van der Waals surface area contributed by atoms with Gasteiger partial charge in [-0.3, -0.25) is 4.79 Å². The molecule has 1 rings (SSSR count). The quantitative estimate of drug-likeness (QED) is 0.466. The van der Waals surface area contributed by atoms with Crippen LogP contribution in [0.25, 0.3) is 0 Å². The van der Waals surface area contributed by atoms with Crippen molar-refractivity contribution in [2.45, 2.75) is 38.0 Å². The number of nitrogens with zero attached hydrogens (tertiary/aromatic N) is 1. The van der Waals surface area contributed by atoms with Gasteiger partial charge in [-0.1, -0.05) is 25.1 Å². The van der Waals surface area contributed by atoms with Gasteiger partial charge in [0.25, 0.3) is 5.91 Å². The molecule has 0 radical (unpaired) electrons. The molecule has 0 heterocycles. The van der Waals surface area contributed by atoms with Crippen molar-refractivity contribution < 1.29 is 13.2 Å². The Kier molecular flexibility index (Phi) is 6.50. The van der Waals surface area contributed by atoms with Gasteiger partial charge in [-0.2, -0.15) is 4.99 Å². The number of nitrogens with two attached hydrogens (primary N) is 2. The number of carbonyl (C=O) groups excluding carboxylic acids is 1. The molecule has 0 saturated heterocycles. The van der Waals surface area contributed by atoms with Gasteiger partial charge in [0.15, 0.2) is 15.8 Å². The second kappa shape index (κ2) is 7.92. The SMILES string of the molecule is CC/C=C/CCc1cc(C)c(C(=O)N=C(N)N)cc1S(C)(=O)=O. The van der Waals surface area contributed by atoms with E-state index in [2.05, 4.69) is 4.99 Å². The van der Waals surface area contributed by atoms with Crippen molar-refractivity contribution in [1.82, 2.24) is 0 Å². The number of aryl methyl sites for hydroxylation is 2. The van der Waals surface area contributed by atoms with Crippen LogP contribution in [0, 0.1) is 6.92 Å². The average molecular weight is 337 g/mol. The summed E-state index contributed by atoms with van der Waals surface area (Å²) in [6.45, 7) is 3.76. The first-order valence-corrected chi connectivity index (χ1v) is 9.18. The molecule has 6 nitrogen and oxygen atoms in total. The molecule has 1 amide bonds. The van der Waals surface area contributed by atoms with Crippen molar-refractivity contribution in [2.75, 3.05) is 6.26 Å². The lowest BCUT2D eigenvalue weighted by Gasteiger charge is -2.11. The number of hydrogen-bond donors (Lipinski definition) is 2. The minimum atomic E-state index is -3.46. The van der Waals surface area contributed by atoms with Crippen LogP contribution < -0.4 is 11.5 Å². The lowest BCUT2D eigenvalue weighted by molar-refractivity contribution is 0.100.